The van der Waals surface area contributed by atoms with Gasteiger partial charge in [-0.1, -0.05) is 23.7 Å². The minimum absolute atomic E-state index is 0.0598. The van der Waals surface area contributed by atoms with E-state index in [4.69, 9.17) is 11.6 Å². The summed E-state index contributed by atoms with van der Waals surface area (Å²) in [5, 5.41) is 3.50. The van der Waals surface area contributed by atoms with E-state index in [2.05, 4.69) is 5.32 Å². The normalized spacial score (nSPS) is 24.6. The van der Waals surface area contributed by atoms with Gasteiger partial charge in [0.25, 0.3) is 0 Å². The number of nitrogens with one attached hydrogen (secondary N) is 1. The van der Waals surface area contributed by atoms with Gasteiger partial charge in [0.15, 0.2) is 9.84 Å². The van der Waals surface area contributed by atoms with Crippen molar-refractivity contribution in [3.8, 4) is 0 Å². The molecule has 3 rings (SSSR count). The van der Waals surface area contributed by atoms with Gasteiger partial charge in [-0.25, -0.2) is 13.2 Å². The molecular formula is C14H17ClN2O3S. The van der Waals surface area contributed by atoms with Gasteiger partial charge < -0.3 is 10.2 Å². The molecule has 7 heteroatoms. The van der Waals surface area contributed by atoms with Gasteiger partial charge >= 0.3 is 6.03 Å². The molecule has 1 N–H and O–H groups in total. The summed E-state index contributed by atoms with van der Waals surface area (Å²) >= 11 is 5.96. The number of hydrogen-bond acceptors (Lipinski definition) is 3. The number of halogens is 1. The zero-order valence-corrected chi connectivity index (χ0v) is 13.0. The maximum Gasteiger partial charge on any atom is 0.317 e. The van der Waals surface area contributed by atoms with Crippen LogP contribution in [0.2, 0.25) is 5.02 Å². The third-order valence-electron chi connectivity index (χ3n) is 4.05. The highest BCUT2D eigenvalue weighted by atomic mass is 35.5. The number of urea groups is 1. The third-order valence-corrected chi connectivity index (χ3v) is 6.05. The average molecular weight is 329 g/mol. The Balaban J connectivity index is 1.51. The maximum absolute atomic E-state index is 12.0. The Morgan fingerprint density at radius 1 is 1.33 bits per heavy atom. The number of amides is 2. The van der Waals surface area contributed by atoms with Crippen LogP contribution in [0.15, 0.2) is 24.3 Å². The standard InChI is InChI=1S/C14H17ClN2O3S/c15-12-3-1-2-10(6-12)11-7-17(8-11)14(18)16-13-4-5-21(19,20)9-13/h1-3,6,11,13H,4-5,7-9H2,(H,16,18). The Hall–Kier alpha value is -1.27. The third kappa shape index (κ3) is 3.32. The van der Waals surface area contributed by atoms with Crippen LogP contribution in [0.3, 0.4) is 0 Å². The Morgan fingerprint density at radius 2 is 2.10 bits per heavy atom. The Kier molecular flexibility index (Phi) is 3.84. The fourth-order valence-corrected chi connectivity index (χ4v) is 4.66. The molecule has 0 radical (unpaired) electrons. The summed E-state index contributed by atoms with van der Waals surface area (Å²) in [5.41, 5.74) is 1.13. The van der Waals surface area contributed by atoms with E-state index >= 15 is 0 Å². The summed E-state index contributed by atoms with van der Waals surface area (Å²) in [7, 11) is -2.96. The maximum atomic E-state index is 12.0. The summed E-state index contributed by atoms with van der Waals surface area (Å²) in [4.78, 5) is 13.7. The van der Waals surface area contributed by atoms with E-state index in [9.17, 15) is 13.2 Å². The molecule has 2 saturated heterocycles. The lowest BCUT2D eigenvalue weighted by molar-refractivity contribution is 0.149. The van der Waals surface area contributed by atoms with E-state index in [-0.39, 0.29) is 23.6 Å². The quantitative estimate of drug-likeness (QED) is 0.897. The number of hydrogen-bond donors (Lipinski definition) is 1. The molecule has 2 aliphatic rings. The second kappa shape index (κ2) is 5.50. The van der Waals surface area contributed by atoms with Gasteiger partial charge in [0.05, 0.1) is 11.5 Å². The zero-order chi connectivity index (χ0) is 15.0. The molecule has 114 valence electrons. The minimum atomic E-state index is -2.96. The summed E-state index contributed by atoms with van der Waals surface area (Å²) in [6, 6.07) is 7.25. The van der Waals surface area contributed by atoms with Crippen LogP contribution in [0.4, 0.5) is 4.79 Å². The molecule has 1 aromatic carbocycles. The predicted octanol–water partition coefficient (Wildman–Crippen LogP) is 1.64. The summed E-state index contributed by atoms with van der Waals surface area (Å²) in [5.74, 6) is 0.537. The second-order valence-corrected chi connectivity index (χ2v) is 8.37. The SMILES string of the molecule is O=C(NC1CCS(=O)(=O)C1)N1CC(c2cccc(Cl)c2)C1. The van der Waals surface area contributed by atoms with Gasteiger partial charge in [0, 0.05) is 30.1 Å². The van der Waals surface area contributed by atoms with Crippen LogP contribution >= 0.6 is 11.6 Å². The largest absolute Gasteiger partial charge is 0.334 e. The van der Waals surface area contributed by atoms with Crippen molar-refractivity contribution < 1.29 is 13.2 Å². The highest BCUT2D eigenvalue weighted by Crippen LogP contribution is 2.28. The van der Waals surface area contributed by atoms with Gasteiger partial charge in [-0.05, 0) is 24.1 Å². The van der Waals surface area contributed by atoms with E-state index in [1.165, 1.54) is 0 Å². The highest BCUT2D eigenvalue weighted by Gasteiger charge is 2.35. The molecule has 2 amide bonds. The molecule has 5 nitrogen and oxygen atoms in total. The van der Waals surface area contributed by atoms with E-state index in [1.807, 2.05) is 24.3 Å². The first kappa shape index (κ1) is 14.7. The highest BCUT2D eigenvalue weighted by molar-refractivity contribution is 7.91. The van der Waals surface area contributed by atoms with Gasteiger partial charge in [0.2, 0.25) is 0 Å². The monoisotopic (exact) mass is 328 g/mol. The van der Waals surface area contributed by atoms with Crippen LogP contribution in [0, 0.1) is 0 Å². The summed E-state index contributed by atoms with van der Waals surface area (Å²) < 4.78 is 22.7. The van der Waals surface area contributed by atoms with Crippen LogP contribution in [-0.4, -0.2) is 50.0 Å². The van der Waals surface area contributed by atoms with E-state index < -0.39 is 9.84 Å². The first-order valence-corrected chi connectivity index (χ1v) is 9.14. The first-order chi connectivity index (χ1) is 9.93. The minimum Gasteiger partial charge on any atom is -0.334 e. The molecule has 2 fully saturated rings. The van der Waals surface area contributed by atoms with Crippen molar-refractivity contribution in [2.75, 3.05) is 24.6 Å². The number of carbonyl (C=O) groups excluding carboxylic acids is 1. The molecule has 21 heavy (non-hydrogen) atoms. The molecule has 0 aliphatic carbocycles. The van der Waals surface area contributed by atoms with Crippen molar-refractivity contribution in [1.82, 2.24) is 10.2 Å². The second-order valence-electron chi connectivity index (χ2n) is 5.71. The van der Waals surface area contributed by atoms with Crippen LogP contribution in [0.25, 0.3) is 0 Å². The smallest absolute Gasteiger partial charge is 0.317 e. The fourth-order valence-electron chi connectivity index (χ4n) is 2.79. The van der Waals surface area contributed by atoms with Crippen molar-refractivity contribution in [3.63, 3.8) is 0 Å². The van der Waals surface area contributed by atoms with E-state index in [0.717, 1.165) is 5.56 Å². The Morgan fingerprint density at radius 3 is 2.71 bits per heavy atom. The molecular weight excluding hydrogens is 312 g/mol. The van der Waals surface area contributed by atoms with Gasteiger partial charge in [-0.15, -0.1) is 0 Å². The number of sulfone groups is 1. The number of carbonyl (C=O) groups is 1. The molecule has 1 aromatic rings. The van der Waals surface area contributed by atoms with E-state index in [1.54, 1.807) is 4.90 Å². The molecule has 0 saturated carbocycles. The van der Waals surface area contributed by atoms with Gasteiger partial charge in [-0.3, -0.25) is 0 Å². The molecule has 1 atom stereocenters. The van der Waals surface area contributed by atoms with Crippen LogP contribution in [-0.2, 0) is 9.84 Å². The lowest BCUT2D eigenvalue weighted by atomic mass is 9.92. The van der Waals surface area contributed by atoms with Gasteiger partial charge in [0.1, 0.15) is 0 Å². The molecule has 0 spiro atoms. The molecule has 0 aromatic heterocycles. The summed E-state index contributed by atoms with van der Waals surface area (Å²) in [6.07, 6.45) is 0.514. The first-order valence-electron chi connectivity index (χ1n) is 6.94. The number of nitrogens with zero attached hydrogens (tertiary/aromatic N) is 1. The van der Waals surface area contributed by atoms with Crippen LogP contribution < -0.4 is 5.32 Å². The van der Waals surface area contributed by atoms with Crippen molar-refractivity contribution in [1.29, 1.82) is 0 Å². The number of likely N-dealkylation sites (tertiary alicyclic amines) is 1. The lowest BCUT2D eigenvalue weighted by Crippen LogP contribution is -2.54. The molecule has 2 aliphatic heterocycles. The van der Waals surface area contributed by atoms with Crippen molar-refractivity contribution in [3.05, 3.63) is 34.9 Å². The van der Waals surface area contributed by atoms with E-state index in [0.29, 0.717) is 30.5 Å². The Bertz CT molecular complexity index is 656. The fraction of sp³-hybridized carbons (Fsp3) is 0.500. The van der Waals surface area contributed by atoms with Crippen LogP contribution in [0.5, 0.6) is 0 Å². The Labute approximate surface area is 129 Å². The van der Waals surface area contributed by atoms with Crippen LogP contribution in [0.1, 0.15) is 17.9 Å². The number of rotatable bonds is 2. The zero-order valence-electron chi connectivity index (χ0n) is 11.5. The van der Waals surface area contributed by atoms with Crippen molar-refractivity contribution >= 4 is 27.5 Å². The van der Waals surface area contributed by atoms with Crippen molar-refractivity contribution in [2.45, 2.75) is 18.4 Å². The number of benzene rings is 1. The lowest BCUT2D eigenvalue weighted by Gasteiger charge is -2.40. The molecule has 1 unspecified atom stereocenters. The predicted molar refractivity (Wildman–Crippen MR) is 81.4 cm³/mol. The molecule has 2 heterocycles. The molecule has 0 bridgehead atoms. The van der Waals surface area contributed by atoms with Gasteiger partial charge in [-0.2, -0.15) is 0 Å². The average Bonchev–Trinajstić information content (AvgIpc) is 2.66. The van der Waals surface area contributed by atoms with Crippen molar-refractivity contribution in [2.24, 2.45) is 0 Å². The topological polar surface area (TPSA) is 66.5 Å². The summed E-state index contributed by atoms with van der Waals surface area (Å²) in [6.45, 7) is 1.29.